The van der Waals surface area contributed by atoms with E-state index in [1.165, 1.54) is 0 Å². The molecular formula is C15H20ClF3N4O. The zero-order chi connectivity index (χ0) is 17.9. The second-order valence-electron chi connectivity index (χ2n) is 5.80. The molecule has 1 fully saturated rings. The summed E-state index contributed by atoms with van der Waals surface area (Å²) in [5, 5.41) is 5.98. The molecule has 0 radical (unpaired) electrons. The molecule has 24 heavy (non-hydrogen) atoms. The van der Waals surface area contributed by atoms with Crippen molar-refractivity contribution in [3.8, 4) is 0 Å². The quantitative estimate of drug-likeness (QED) is 0.862. The standard InChI is InChI=1S/C15H20ClF3N4O/c1-9-10(2)23(6-5-20-9)13(24)3-4-21-14-12(16)7-11(8-22-14)15(17,18)19/h7-10,20H,3-6H2,1-2H3,(H,21,22). The predicted molar refractivity (Wildman–Crippen MR) is 86.0 cm³/mol. The van der Waals surface area contributed by atoms with Crippen molar-refractivity contribution in [2.75, 3.05) is 25.0 Å². The molecule has 1 saturated heterocycles. The zero-order valence-electron chi connectivity index (χ0n) is 13.5. The van der Waals surface area contributed by atoms with Crippen LogP contribution in [0.25, 0.3) is 0 Å². The lowest BCUT2D eigenvalue weighted by Gasteiger charge is -2.38. The summed E-state index contributed by atoms with van der Waals surface area (Å²) in [6, 6.07) is 1.14. The van der Waals surface area contributed by atoms with Gasteiger partial charge in [0.25, 0.3) is 0 Å². The summed E-state index contributed by atoms with van der Waals surface area (Å²) in [5.41, 5.74) is -0.905. The van der Waals surface area contributed by atoms with E-state index in [2.05, 4.69) is 15.6 Å². The van der Waals surface area contributed by atoms with Crippen LogP contribution in [0.2, 0.25) is 5.02 Å². The monoisotopic (exact) mass is 364 g/mol. The molecule has 1 amide bonds. The highest BCUT2D eigenvalue weighted by Crippen LogP contribution is 2.32. The SMILES string of the molecule is CC1NCCN(C(=O)CCNc2ncc(C(F)(F)F)cc2Cl)C1C. The van der Waals surface area contributed by atoms with Gasteiger partial charge in [-0.25, -0.2) is 4.98 Å². The summed E-state index contributed by atoms with van der Waals surface area (Å²) >= 11 is 5.81. The lowest BCUT2D eigenvalue weighted by molar-refractivity contribution is -0.138. The van der Waals surface area contributed by atoms with E-state index < -0.39 is 11.7 Å². The molecule has 2 N–H and O–H groups in total. The highest BCUT2D eigenvalue weighted by molar-refractivity contribution is 6.32. The summed E-state index contributed by atoms with van der Waals surface area (Å²) in [4.78, 5) is 17.8. The van der Waals surface area contributed by atoms with Crippen molar-refractivity contribution in [3.63, 3.8) is 0 Å². The van der Waals surface area contributed by atoms with Crippen LogP contribution in [0.5, 0.6) is 0 Å². The van der Waals surface area contributed by atoms with Crippen molar-refractivity contribution in [1.82, 2.24) is 15.2 Å². The Balaban J connectivity index is 1.89. The van der Waals surface area contributed by atoms with Gasteiger partial charge in [0.05, 0.1) is 10.6 Å². The van der Waals surface area contributed by atoms with Gasteiger partial charge in [-0.15, -0.1) is 0 Å². The Bertz CT molecular complexity index is 597. The van der Waals surface area contributed by atoms with E-state index in [0.29, 0.717) is 6.54 Å². The summed E-state index contributed by atoms with van der Waals surface area (Å²) in [6.45, 7) is 5.65. The van der Waals surface area contributed by atoms with Crippen LogP contribution in [0.15, 0.2) is 12.3 Å². The van der Waals surface area contributed by atoms with Crippen molar-refractivity contribution in [2.24, 2.45) is 0 Å². The molecule has 0 aromatic carbocycles. The summed E-state index contributed by atoms with van der Waals surface area (Å²) < 4.78 is 37.7. The molecule has 1 aromatic heterocycles. The Hall–Kier alpha value is -1.54. The van der Waals surface area contributed by atoms with Gasteiger partial charge in [-0.1, -0.05) is 11.6 Å². The van der Waals surface area contributed by atoms with E-state index in [0.717, 1.165) is 18.8 Å². The third-order valence-electron chi connectivity index (χ3n) is 4.15. The van der Waals surface area contributed by atoms with Crippen LogP contribution >= 0.6 is 11.6 Å². The van der Waals surface area contributed by atoms with Gasteiger partial charge >= 0.3 is 6.18 Å². The Morgan fingerprint density at radius 2 is 2.21 bits per heavy atom. The number of nitrogens with one attached hydrogen (secondary N) is 2. The van der Waals surface area contributed by atoms with Crippen LogP contribution < -0.4 is 10.6 Å². The van der Waals surface area contributed by atoms with Crippen LogP contribution in [-0.4, -0.2) is 47.5 Å². The van der Waals surface area contributed by atoms with E-state index in [-0.39, 0.29) is 41.8 Å². The maximum absolute atomic E-state index is 12.6. The minimum Gasteiger partial charge on any atom is -0.368 e. The van der Waals surface area contributed by atoms with Crippen LogP contribution in [0, 0.1) is 0 Å². The first-order valence-corrected chi connectivity index (χ1v) is 8.07. The maximum Gasteiger partial charge on any atom is 0.417 e. The molecule has 1 aliphatic heterocycles. The fourth-order valence-corrected chi connectivity index (χ4v) is 2.80. The second-order valence-corrected chi connectivity index (χ2v) is 6.21. The van der Waals surface area contributed by atoms with E-state index in [1.54, 1.807) is 0 Å². The number of carbonyl (C=O) groups is 1. The van der Waals surface area contributed by atoms with Gasteiger partial charge in [-0.3, -0.25) is 4.79 Å². The van der Waals surface area contributed by atoms with E-state index >= 15 is 0 Å². The topological polar surface area (TPSA) is 57.3 Å². The molecule has 0 aliphatic carbocycles. The highest BCUT2D eigenvalue weighted by Gasteiger charge is 2.31. The summed E-state index contributed by atoms with van der Waals surface area (Å²) in [7, 11) is 0. The van der Waals surface area contributed by atoms with Crippen molar-refractivity contribution < 1.29 is 18.0 Å². The van der Waals surface area contributed by atoms with Crippen LogP contribution in [0.1, 0.15) is 25.8 Å². The predicted octanol–water partition coefficient (Wildman–Crippen LogP) is 2.76. The lowest BCUT2D eigenvalue weighted by Crippen LogP contribution is -2.57. The number of hydrogen-bond donors (Lipinski definition) is 2. The summed E-state index contributed by atoms with van der Waals surface area (Å²) in [6.07, 6.45) is -3.55. The molecule has 1 aliphatic rings. The number of alkyl halides is 3. The Morgan fingerprint density at radius 3 is 2.83 bits per heavy atom. The first-order chi connectivity index (χ1) is 11.2. The number of hydrogen-bond acceptors (Lipinski definition) is 4. The van der Waals surface area contributed by atoms with E-state index in [4.69, 9.17) is 11.6 Å². The number of pyridine rings is 1. The lowest BCUT2D eigenvalue weighted by atomic mass is 10.1. The number of aromatic nitrogens is 1. The molecule has 0 spiro atoms. The van der Waals surface area contributed by atoms with Crippen molar-refractivity contribution in [2.45, 2.75) is 38.5 Å². The second kappa shape index (κ2) is 7.57. The Morgan fingerprint density at radius 1 is 1.50 bits per heavy atom. The van der Waals surface area contributed by atoms with Gasteiger partial charge in [0.2, 0.25) is 5.91 Å². The number of piperazine rings is 1. The third kappa shape index (κ3) is 4.51. The van der Waals surface area contributed by atoms with Crippen LogP contribution in [0.3, 0.4) is 0 Å². The van der Waals surface area contributed by atoms with Gasteiger partial charge in [-0.2, -0.15) is 13.2 Å². The molecule has 2 heterocycles. The molecule has 9 heteroatoms. The Kier molecular flexibility index (Phi) is 5.92. The number of nitrogens with zero attached hydrogens (tertiary/aromatic N) is 2. The van der Waals surface area contributed by atoms with Crippen molar-refractivity contribution >= 4 is 23.3 Å². The molecule has 2 rings (SSSR count). The fourth-order valence-electron chi connectivity index (χ4n) is 2.56. The molecule has 1 aromatic rings. The van der Waals surface area contributed by atoms with Gasteiger partial charge in [0.15, 0.2) is 0 Å². The van der Waals surface area contributed by atoms with Gasteiger partial charge < -0.3 is 15.5 Å². The molecule has 0 saturated carbocycles. The number of carbonyl (C=O) groups excluding carboxylic acids is 1. The van der Waals surface area contributed by atoms with E-state index in [9.17, 15) is 18.0 Å². The first-order valence-electron chi connectivity index (χ1n) is 7.69. The minimum atomic E-state index is -4.49. The maximum atomic E-state index is 12.6. The number of rotatable bonds is 4. The van der Waals surface area contributed by atoms with Crippen molar-refractivity contribution in [1.29, 1.82) is 0 Å². The van der Waals surface area contributed by atoms with Gasteiger partial charge in [-0.05, 0) is 19.9 Å². The first kappa shape index (κ1) is 18.8. The Labute approximate surface area is 143 Å². The molecule has 5 nitrogen and oxygen atoms in total. The molecule has 134 valence electrons. The van der Waals surface area contributed by atoms with Gasteiger partial charge in [0.1, 0.15) is 5.82 Å². The number of halogens is 4. The van der Waals surface area contributed by atoms with Crippen LogP contribution in [0.4, 0.5) is 19.0 Å². The number of anilines is 1. The number of amides is 1. The summed E-state index contributed by atoms with van der Waals surface area (Å²) in [5.74, 6) is 0.130. The van der Waals surface area contributed by atoms with Crippen molar-refractivity contribution in [3.05, 3.63) is 22.8 Å². The zero-order valence-corrected chi connectivity index (χ0v) is 14.2. The third-order valence-corrected chi connectivity index (χ3v) is 4.44. The molecule has 2 atom stereocenters. The van der Waals surface area contributed by atoms with Crippen LogP contribution in [-0.2, 0) is 11.0 Å². The largest absolute Gasteiger partial charge is 0.417 e. The average molecular weight is 365 g/mol. The highest BCUT2D eigenvalue weighted by atomic mass is 35.5. The molecule has 0 bridgehead atoms. The smallest absolute Gasteiger partial charge is 0.368 e. The van der Waals surface area contributed by atoms with Gasteiger partial charge in [0, 0.05) is 44.3 Å². The normalized spacial score (nSPS) is 21.7. The minimum absolute atomic E-state index is 0.00798. The average Bonchev–Trinajstić information content (AvgIpc) is 2.50. The van der Waals surface area contributed by atoms with E-state index in [1.807, 2.05) is 18.7 Å². The molecular weight excluding hydrogens is 345 g/mol. The fraction of sp³-hybridized carbons (Fsp3) is 0.600. The molecule has 2 unspecified atom stereocenters.